The van der Waals surface area contributed by atoms with Crippen molar-refractivity contribution in [1.29, 1.82) is 0 Å². The third-order valence-electron chi connectivity index (χ3n) is 5.07. The van der Waals surface area contributed by atoms with E-state index in [2.05, 4.69) is 18.2 Å². The van der Waals surface area contributed by atoms with E-state index in [1.165, 1.54) is 0 Å². The summed E-state index contributed by atoms with van der Waals surface area (Å²) >= 11 is 0. The van der Waals surface area contributed by atoms with Crippen LogP contribution in [-0.2, 0) is 9.53 Å². The Balaban J connectivity index is 1.73. The van der Waals surface area contributed by atoms with Crippen molar-refractivity contribution < 1.29 is 14.3 Å². The SMILES string of the molecule is CC1C(=O)N(CC2C=CC=CC2)C2(CC2)CN1C(=O)OC(C)(C)C. The normalized spacial score (nSPS) is 28.4. The van der Waals surface area contributed by atoms with Gasteiger partial charge in [0.1, 0.15) is 11.6 Å². The molecule has 3 rings (SSSR count). The number of amides is 2. The smallest absolute Gasteiger partial charge is 0.411 e. The Morgan fingerprint density at radius 3 is 2.58 bits per heavy atom. The van der Waals surface area contributed by atoms with Crippen molar-refractivity contribution in [3.05, 3.63) is 24.3 Å². The highest BCUT2D eigenvalue weighted by Crippen LogP contribution is 2.46. The minimum absolute atomic E-state index is 0.0487. The zero-order valence-electron chi connectivity index (χ0n) is 15.1. The zero-order chi connectivity index (χ0) is 17.5. The van der Waals surface area contributed by atoms with Gasteiger partial charge in [-0.15, -0.1) is 0 Å². The molecule has 2 fully saturated rings. The first-order valence-electron chi connectivity index (χ1n) is 8.86. The molecule has 5 nitrogen and oxygen atoms in total. The predicted molar refractivity (Wildman–Crippen MR) is 92.5 cm³/mol. The van der Waals surface area contributed by atoms with E-state index in [0.29, 0.717) is 12.5 Å². The summed E-state index contributed by atoms with van der Waals surface area (Å²) in [6.07, 6.45) is 11.0. The Bertz CT molecular complexity index is 584. The fourth-order valence-electron chi connectivity index (χ4n) is 3.53. The first-order chi connectivity index (χ1) is 11.2. The van der Waals surface area contributed by atoms with E-state index >= 15 is 0 Å². The highest BCUT2D eigenvalue weighted by atomic mass is 16.6. The number of piperazine rings is 1. The van der Waals surface area contributed by atoms with Gasteiger partial charge >= 0.3 is 6.09 Å². The average Bonchev–Trinajstić information content (AvgIpc) is 3.27. The van der Waals surface area contributed by atoms with Crippen LogP contribution in [0.2, 0.25) is 0 Å². The highest BCUT2D eigenvalue weighted by molar-refractivity contribution is 5.88. The first-order valence-corrected chi connectivity index (χ1v) is 8.86. The lowest BCUT2D eigenvalue weighted by atomic mass is 9.96. The highest BCUT2D eigenvalue weighted by Gasteiger charge is 2.57. The van der Waals surface area contributed by atoms with Gasteiger partial charge in [-0.2, -0.15) is 0 Å². The second-order valence-corrected chi connectivity index (χ2v) is 8.27. The van der Waals surface area contributed by atoms with Gasteiger partial charge in [-0.05, 0) is 52.9 Å². The molecule has 2 amide bonds. The molecular weight excluding hydrogens is 304 g/mol. The van der Waals surface area contributed by atoms with Crippen molar-refractivity contribution in [1.82, 2.24) is 9.80 Å². The zero-order valence-corrected chi connectivity index (χ0v) is 15.1. The van der Waals surface area contributed by atoms with Crippen LogP contribution in [0.15, 0.2) is 24.3 Å². The fourth-order valence-corrected chi connectivity index (χ4v) is 3.53. The van der Waals surface area contributed by atoms with Crippen LogP contribution in [0, 0.1) is 5.92 Å². The van der Waals surface area contributed by atoms with Crippen LogP contribution in [0.25, 0.3) is 0 Å². The molecule has 0 bridgehead atoms. The minimum Gasteiger partial charge on any atom is -0.444 e. The monoisotopic (exact) mass is 332 g/mol. The number of carbonyl (C=O) groups excluding carboxylic acids is 2. The summed E-state index contributed by atoms with van der Waals surface area (Å²) in [5.74, 6) is 0.421. The molecule has 1 heterocycles. The molecule has 1 spiro atoms. The molecule has 0 radical (unpaired) electrons. The van der Waals surface area contributed by atoms with Crippen molar-refractivity contribution >= 4 is 12.0 Å². The quantitative estimate of drug-likeness (QED) is 0.781. The maximum atomic E-state index is 13.0. The molecule has 5 heteroatoms. The summed E-state index contributed by atoms with van der Waals surface area (Å²) in [7, 11) is 0. The van der Waals surface area contributed by atoms with Crippen LogP contribution in [0.4, 0.5) is 4.79 Å². The Hall–Kier alpha value is -1.78. The molecule has 0 aromatic carbocycles. The molecule has 0 N–H and O–H groups in total. The minimum atomic E-state index is -0.549. The van der Waals surface area contributed by atoms with E-state index in [4.69, 9.17) is 4.74 Å². The Kier molecular flexibility index (Phi) is 4.22. The van der Waals surface area contributed by atoms with E-state index < -0.39 is 11.6 Å². The molecule has 2 unspecified atom stereocenters. The maximum Gasteiger partial charge on any atom is 0.411 e. The lowest BCUT2D eigenvalue weighted by molar-refractivity contribution is -0.147. The number of rotatable bonds is 2. The molecule has 0 aromatic rings. The first kappa shape index (κ1) is 17.1. The molecule has 0 aromatic heterocycles. The van der Waals surface area contributed by atoms with Gasteiger partial charge in [-0.1, -0.05) is 24.3 Å². The lowest BCUT2D eigenvalue weighted by Gasteiger charge is -2.46. The van der Waals surface area contributed by atoms with Gasteiger partial charge in [0.25, 0.3) is 0 Å². The third-order valence-corrected chi connectivity index (χ3v) is 5.07. The van der Waals surface area contributed by atoms with Gasteiger partial charge in [0.2, 0.25) is 5.91 Å². The van der Waals surface area contributed by atoms with E-state index in [0.717, 1.165) is 25.8 Å². The molecular formula is C19H28N2O3. The second kappa shape index (κ2) is 5.94. The summed E-state index contributed by atoms with van der Waals surface area (Å²) < 4.78 is 5.50. The van der Waals surface area contributed by atoms with Gasteiger partial charge < -0.3 is 9.64 Å². The van der Waals surface area contributed by atoms with Crippen LogP contribution >= 0.6 is 0 Å². The van der Waals surface area contributed by atoms with Gasteiger partial charge in [0, 0.05) is 13.1 Å². The number of allylic oxidation sites excluding steroid dienone is 3. The standard InChI is InChI=1S/C19H28N2O3/c1-14-16(22)21(12-15-8-6-5-7-9-15)19(10-11-19)13-20(14)17(23)24-18(2,3)4/h5-8,14-15H,9-13H2,1-4H3. The Morgan fingerprint density at radius 2 is 2.04 bits per heavy atom. The summed E-state index contributed by atoms with van der Waals surface area (Å²) in [4.78, 5) is 29.1. The van der Waals surface area contributed by atoms with E-state index in [1.54, 1.807) is 4.90 Å². The topological polar surface area (TPSA) is 49.9 Å². The van der Waals surface area contributed by atoms with Crippen molar-refractivity contribution in [3.8, 4) is 0 Å². The molecule has 1 aliphatic heterocycles. The van der Waals surface area contributed by atoms with Gasteiger partial charge in [0.15, 0.2) is 0 Å². The maximum absolute atomic E-state index is 13.0. The van der Waals surface area contributed by atoms with Crippen LogP contribution < -0.4 is 0 Å². The molecule has 2 aliphatic carbocycles. The van der Waals surface area contributed by atoms with E-state index in [9.17, 15) is 9.59 Å². The van der Waals surface area contributed by atoms with Gasteiger partial charge in [0.05, 0.1) is 5.54 Å². The van der Waals surface area contributed by atoms with Crippen LogP contribution in [0.1, 0.15) is 47.0 Å². The van der Waals surface area contributed by atoms with Crippen molar-refractivity contribution in [2.75, 3.05) is 13.1 Å². The second-order valence-electron chi connectivity index (χ2n) is 8.27. The molecule has 132 valence electrons. The average molecular weight is 332 g/mol. The Labute approximate surface area is 144 Å². The number of nitrogens with zero attached hydrogens (tertiary/aromatic N) is 2. The molecule has 1 saturated carbocycles. The van der Waals surface area contributed by atoms with Crippen molar-refractivity contribution in [2.45, 2.75) is 64.1 Å². The summed E-state index contributed by atoms with van der Waals surface area (Å²) in [5, 5.41) is 0. The largest absolute Gasteiger partial charge is 0.444 e. The predicted octanol–water partition coefficient (Wildman–Crippen LogP) is 3.12. The van der Waals surface area contributed by atoms with E-state index in [-0.39, 0.29) is 17.5 Å². The van der Waals surface area contributed by atoms with E-state index in [1.807, 2.05) is 38.7 Å². The summed E-state index contributed by atoms with van der Waals surface area (Å²) in [5.41, 5.74) is -0.720. The third kappa shape index (κ3) is 3.35. The van der Waals surface area contributed by atoms with Crippen LogP contribution in [0.3, 0.4) is 0 Å². The molecule has 3 aliphatic rings. The molecule has 24 heavy (non-hydrogen) atoms. The lowest BCUT2D eigenvalue weighted by Crippen LogP contribution is -2.64. The number of hydrogen-bond acceptors (Lipinski definition) is 3. The number of carbonyl (C=O) groups is 2. The summed E-state index contributed by atoms with van der Waals surface area (Å²) in [6, 6.07) is -0.464. The molecule has 1 saturated heterocycles. The van der Waals surface area contributed by atoms with Crippen molar-refractivity contribution in [3.63, 3.8) is 0 Å². The molecule has 2 atom stereocenters. The number of hydrogen-bond donors (Lipinski definition) is 0. The van der Waals surface area contributed by atoms with Gasteiger partial charge in [-0.3, -0.25) is 9.69 Å². The van der Waals surface area contributed by atoms with Crippen LogP contribution in [-0.4, -0.2) is 52.1 Å². The van der Waals surface area contributed by atoms with Gasteiger partial charge in [-0.25, -0.2) is 4.79 Å². The summed E-state index contributed by atoms with van der Waals surface area (Å²) in [6.45, 7) is 8.69. The van der Waals surface area contributed by atoms with Crippen LogP contribution in [0.5, 0.6) is 0 Å². The Morgan fingerprint density at radius 1 is 1.33 bits per heavy atom. The fraction of sp³-hybridized carbons (Fsp3) is 0.684. The number of ether oxygens (including phenoxy) is 1. The van der Waals surface area contributed by atoms with Crippen molar-refractivity contribution in [2.24, 2.45) is 5.92 Å².